The lowest BCUT2D eigenvalue weighted by Gasteiger charge is -2.56. The molecule has 4 aliphatic carbocycles. The van der Waals surface area contributed by atoms with Crippen molar-refractivity contribution in [3.63, 3.8) is 0 Å². The van der Waals surface area contributed by atoms with Gasteiger partial charge in [0.1, 0.15) is 5.56 Å². The number of carbonyl (C=O) groups is 2. The molecule has 5 rings (SSSR count). The third-order valence-corrected chi connectivity index (χ3v) is 6.06. The maximum absolute atomic E-state index is 12.4. The van der Waals surface area contributed by atoms with E-state index >= 15 is 0 Å². The first-order valence-electron chi connectivity index (χ1n) is 8.49. The molecule has 0 aliphatic heterocycles. The zero-order valence-electron chi connectivity index (χ0n) is 13.4. The van der Waals surface area contributed by atoms with Crippen molar-refractivity contribution in [1.29, 1.82) is 0 Å². The largest absolute Gasteiger partial charge is 0.478 e. The van der Waals surface area contributed by atoms with Crippen LogP contribution >= 0.6 is 0 Å². The Labute approximate surface area is 135 Å². The summed E-state index contributed by atoms with van der Waals surface area (Å²) in [7, 11) is 1.63. The van der Waals surface area contributed by atoms with E-state index < -0.39 is 5.97 Å². The molecule has 2 N–H and O–H groups in total. The maximum atomic E-state index is 12.4. The number of carboxylic acid groups (broad SMARTS) is 1. The van der Waals surface area contributed by atoms with Gasteiger partial charge in [-0.1, -0.05) is 0 Å². The molecule has 0 spiro atoms. The highest BCUT2D eigenvalue weighted by Crippen LogP contribution is 2.59. The minimum Gasteiger partial charge on any atom is -0.478 e. The summed E-state index contributed by atoms with van der Waals surface area (Å²) in [5.74, 6) is 1.03. The number of nitrogens with zero attached hydrogens (tertiary/aromatic N) is 2. The van der Waals surface area contributed by atoms with Crippen LogP contribution in [0.2, 0.25) is 0 Å². The smallest absolute Gasteiger partial charge is 0.339 e. The van der Waals surface area contributed by atoms with Crippen molar-refractivity contribution in [2.24, 2.45) is 30.2 Å². The van der Waals surface area contributed by atoms with Crippen molar-refractivity contribution in [2.45, 2.75) is 38.5 Å². The van der Waals surface area contributed by atoms with E-state index in [2.05, 4.69) is 10.4 Å². The Kier molecular flexibility index (Phi) is 3.25. The number of carbonyl (C=O) groups excluding carboxylic acids is 1. The Morgan fingerprint density at radius 2 is 1.83 bits per heavy atom. The lowest BCUT2D eigenvalue weighted by molar-refractivity contribution is -0.0503. The van der Waals surface area contributed by atoms with Gasteiger partial charge in [-0.25, -0.2) is 4.79 Å². The topological polar surface area (TPSA) is 84.2 Å². The number of aryl methyl sites for hydroxylation is 1. The maximum Gasteiger partial charge on any atom is 0.339 e. The third kappa shape index (κ3) is 2.54. The first kappa shape index (κ1) is 14.7. The molecule has 124 valence electrons. The molecule has 1 aromatic heterocycles. The number of carboxylic acids is 1. The van der Waals surface area contributed by atoms with Crippen molar-refractivity contribution < 1.29 is 14.7 Å². The summed E-state index contributed by atoms with van der Waals surface area (Å²) in [6.07, 6.45) is 9.14. The Morgan fingerprint density at radius 1 is 1.26 bits per heavy atom. The van der Waals surface area contributed by atoms with Crippen LogP contribution in [-0.2, 0) is 7.05 Å². The van der Waals surface area contributed by atoms with E-state index in [1.165, 1.54) is 49.4 Å². The summed E-state index contributed by atoms with van der Waals surface area (Å²) in [5, 5.41) is 16.2. The molecule has 23 heavy (non-hydrogen) atoms. The molecule has 0 atom stereocenters. The Balaban J connectivity index is 1.47. The summed E-state index contributed by atoms with van der Waals surface area (Å²) < 4.78 is 1.38. The Hall–Kier alpha value is -1.85. The van der Waals surface area contributed by atoms with E-state index in [0.29, 0.717) is 6.54 Å². The molecule has 1 amide bonds. The van der Waals surface area contributed by atoms with E-state index in [1.54, 1.807) is 7.05 Å². The molecular weight excluding hydrogens is 294 g/mol. The highest BCUT2D eigenvalue weighted by Gasteiger charge is 2.50. The van der Waals surface area contributed by atoms with Gasteiger partial charge in [-0.15, -0.1) is 0 Å². The SMILES string of the molecule is Cn1cc(C(=O)O)c(C(=O)NCC23CC4CC(CC(C4)C2)C3)n1. The van der Waals surface area contributed by atoms with Crippen LogP contribution < -0.4 is 5.32 Å². The lowest BCUT2D eigenvalue weighted by Crippen LogP contribution is -2.51. The normalized spacial score (nSPS) is 34.6. The minimum absolute atomic E-state index is 0.0183. The van der Waals surface area contributed by atoms with Gasteiger partial charge in [0.05, 0.1) is 0 Å². The average Bonchev–Trinajstić information content (AvgIpc) is 2.86. The second-order valence-corrected chi connectivity index (χ2v) is 7.97. The molecule has 6 nitrogen and oxygen atoms in total. The molecule has 4 saturated carbocycles. The lowest BCUT2D eigenvalue weighted by atomic mass is 9.49. The number of aromatic nitrogens is 2. The van der Waals surface area contributed by atoms with Crippen LogP contribution in [0.15, 0.2) is 6.20 Å². The second kappa shape index (κ2) is 5.08. The molecule has 0 saturated heterocycles. The van der Waals surface area contributed by atoms with Crippen molar-refractivity contribution in [1.82, 2.24) is 15.1 Å². The van der Waals surface area contributed by atoms with Crippen LogP contribution in [0, 0.1) is 23.2 Å². The predicted molar refractivity (Wildman–Crippen MR) is 83.1 cm³/mol. The number of rotatable bonds is 4. The zero-order chi connectivity index (χ0) is 16.2. The van der Waals surface area contributed by atoms with Crippen molar-refractivity contribution in [3.8, 4) is 0 Å². The van der Waals surface area contributed by atoms with Crippen LogP contribution in [0.5, 0.6) is 0 Å². The van der Waals surface area contributed by atoms with Crippen molar-refractivity contribution >= 4 is 11.9 Å². The molecule has 4 aliphatic rings. The van der Waals surface area contributed by atoms with Gasteiger partial charge in [0.15, 0.2) is 5.69 Å². The number of aromatic carboxylic acids is 1. The van der Waals surface area contributed by atoms with Crippen molar-refractivity contribution in [2.75, 3.05) is 6.54 Å². The Morgan fingerprint density at radius 3 is 2.35 bits per heavy atom. The first-order chi connectivity index (χ1) is 10.9. The van der Waals surface area contributed by atoms with Crippen molar-refractivity contribution in [3.05, 3.63) is 17.5 Å². The summed E-state index contributed by atoms with van der Waals surface area (Å²) in [6, 6.07) is 0. The van der Waals surface area contributed by atoms with E-state index in [-0.39, 0.29) is 22.6 Å². The summed E-state index contributed by atoms with van der Waals surface area (Å²) >= 11 is 0. The monoisotopic (exact) mass is 317 g/mol. The third-order valence-electron chi connectivity index (χ3n) is 6.06. The molecule has 0 radical (unpaired) electrons. The molecule has 1 aromatic rings. The minimum atomic E-state index is -1.11. The average molecular weight is 317 g/mol. The van der Waals surface area contributed by atoms with Gasteiger partial charge in [0.25, 0.3) is 5.91 Å². The number of nitrogens with one attached hydrogen (secondary N) is 1. The summed E-state index contributed by atoms with van der Waals surface area (Å²) in [4.78, 5) is 23.7. The fraction of sp³-hybridized carbons (Fsp3) is 0.706. The van der Waals surface area contributed by atoms with Crippen LogP contribution in [0.3, 0.4) is 0 Å². The van der Waals surface area contributed by atoms with E-state index in [9.17, 15) is 14.7 Å². The van der Waals surface area contributed by atoms with E-state index in [4.69, 9.17) is 0 Å². The molecule has 1 heterocycles. The van der Waals surface area contributed by atoms with Gasteiger partial charge in [0.2, 0.25) is 0 Å². The molecule has 6 heteroatoms. The van der Waals surface area contributed by atoms with Gasteiger partial charge in [-0.2, -0.15) is 5.10 Å². The van der Waals surface area contributed by atoms with Crippen LogP contribution in [0.1, 0.15) is 59.4 Å². The highest BCUT2D eigenvalue weighted by molar-refractivity contribution is 6.03. The number of amides is 1. The predicted octanol–water partition coefficient (Wildman–Crippen LogP) is 2.06. The number of hydrogen-bond acceptors (Lipinski definition) is 3. The van der Waals surface area contributed by atoms with Crippen LogP contribution in [0.25, 0.3) is 0 Å². The zero-order valence-corrected chi connectivity index (χ0v) is 13.4. The summed E-state index contributed by atoms with van der Waals surface area (Å²) in [6.45, 7) is 0.658. The van der Waals surface area contributed by atoms with E-state index in [0.717, 1.165) is 17.8 Å². The standard InChI is InChI=1S/C17H23N3O3/c1-20-8-13(16(22)23)14(19-20)15(21)18-9-17-5-10-2-11(6-17)4-12(3-10)7-17/h8,10-12H,2-7,9H2,1H3,(H,18,21)(H,22,23). The van der Waals surface area contributed by atoms with Crippen LogP contribution in [0.4, 0.5) is 0 Å². The first-order valence-corrected chi connectivity index (χ1v) is 8.49. The molecule has 4 fully saturated rings. The molecule has 0 aromatic carbocycles. The second-order valence-electron chi connectivity index (χ2n) is 7.97. The van der Waals surface area contributed by atoms with Gasteiger partial charge in [-0.3, -0.25) is 9.48 Å². The number of hydrogen-bond donors (Lipinski definition) is 2. The molecule has 0 unspecified atom stereocenters. The quantitative estimate of drug-likeness (QED) is 0.890. The van der Waals surface area contributed by atoms with Gasteiger partial charge < -0.3 is 10.4 Å². The summed E-state index contributed by atoms with van der Waals surface area (Å²) in [5.41, 5.74) is 0.225. The van der Waals surface area contributed by atoms with Gasteiger partial charge >= 0.3 is 5.97 Å². The fourth-order valence-electron chi connectivity index (χ4n) is 5.67. The van der Waals surface area contributed by atoms with E-state index in [1.807, 2.05) is 0 Å². The van der Waals surface area contributed by atoms with Gasteiger partial charge in [0, 0.05) is 19.8 Å². The Bertz CT molecular complexity index is 629. The fourth-order valence-corrected chi connectivity index (χ4v) is 5.67. The highest BCUT2D eigenvalue weighted by atomic mass is 16.4. The molecule has 4 bridgehead atoms. The van der Waals surface area contributed by atoms with Gasteiger partial charge in [-0.05, 0) is 61.7 Å². The van der Waals surface area contributed by atoms with Crippen LogP contribution in [-0.4, -0.2) is 33.3 Å². The molecular formula is C17H23N3O3.